The predicted octanol–water partition coefficient (Wildman–Crippen LogP) is 4.79. The Balaban J connectivity index is 0.00000100. The van der Waals surface area contributed by atoms with Crippen LogP contribution in [0, 0.1) is 0 Å². The number of rotatable bonds is 4. The Morgan fingerprint density at radius 3 is 2.54 bits per heavy atom. The first-order chi connectivity index (χ1) is 11.8. The van der Waals surface area contributed by atoms with Crippen LogP contribution >= 0.6 is 0 Å². The minimum absolute atomic E-state index is 0.299. The Morgan fingerprint density at radius 2 is 1.83 bits per heavy atom. The van der Waals surface area contributed by atoms with E-state index in [1.165, 1.54) is 12.7 Å². The second-order valence-electron chi connectivity index (χ2n) is 5.29. The number of ether oxygens (including phenoxy) is 2. The molecule has 0 bridgehead atoms. The number of esters is 1. The minimum atomic E-state index is -0.299. The molecule has 0 radical (unpaired) electrons. The van der Waals surface area contributed by atoms with Gasteiger partial charge in [0, 0.05) is 6.08 Å². The van der Waals surface area contributed by atoms with Gasteiger partial charge in [-0.15, -0.1) is 0 Å². The maximum absolute atomic E-state index is 11.4. The maximum atomic E-state index is 11.4. The molecule has 0 spiro atoms. The van der Waals surface area contributed by atoms with Crippen molar-refractivity contribution in [3.8, 4) is 5.75 Å². The fraction of sp³-hybridized carbons (Fsp3) is 0.286. The third-order valence-corrected chi connectivity index (χ3v) is 3.83. The number of methoxy groups -OCH3 is 1. The standard InChI is InChI=1S/C19H18O3.C2H6/c1-21-19(20)12-16-8-7-15-11-17(9-10-18(15)16)22-13-14-5-3-2-4-6-14;1-2/h2-6,9-12H,7-8,13H2,1H3;1-2H3/b16-12+;. The van der Waals surface area contributed by atoms with Crippen LogP contribution in [-0.2, 0) is 22.6 Å². The monoisotopic (exact) mass is 324 g/mol. The molecule has 0 amide bonds. The highest BCUT2D eigenvalue weighted by Crippen LogP contribution is 2.34. The normalized spacial score (nSPS) is 13.7. The molecule has 2 aromatic rings. The van der Waals surface area contributed by atoms with Crippen LogP contribution < -0.4 is 4.74 Å². The summed E-state index contributed by atoms with van der Waals surface area (Å²) in [5.41, 5.74) is 4.53. The van der Waals surface area contributed by atoms with Gasteiger partial charge in [-0.2, -0.15) is 0 Å². The SMILES string of the molecule is CC.COC(=O)/C=C1\CCc2cc(OCc3ccccc3)ccc21. The molecule has 0 heterocycles. The third kappa shape index (κ3) is 4.48. The summed E-state index contributed by atoms with van der Waals surface area (Å²) in [6.45, 7) is 4.56. The number of aryl methyl sites for hydroxylation is 1. The zero-order valence-corrected chi connectivity index (χ0v) is 14.5. The molecule has 3 nitrogen and oxygen atoms in total. The summed E-state index contributed by atoms with van der Waals surface area (Å²) < 4.78 is 10.5. The molecule has 0 unspecified atom stereocenters. The molecule has 3 heteroatoms. The van der Waals surface area contributed by atoms with Crippen molar-refractivity contribution in [2.75, 3.05) is 7.11 Å². The van der Waals surface area contributed by atoms with Crippen LogP contribution in [0.1, 0.15) is 37.0 Å². The Hall–Kier alpha value is -2.55. The summed E-state index contributed by atoms with van der Waals surface area (Å²) in [6, 6.07) is 16.1. The molecule has 1 aliphatic rings. The van der Waals surface area contributed by atoms with Gasteiger partial charge in [0.25, 0.3) is 0 Å². The summed E-state index contributed by atoms with van der Waals surface area (Å²) in [4.78, 5) is 11.4. The van der Waals surface area contributed by atoms with Crippen LogP contribution in [0.2, 0.25) is 0 Å². The molecule has 24 heavy (non-hydrogen) atoms. The molecule has 1 aliphatic carbocycles. The van der Waals surface area contributed by atoms with Crippen molar-refractivity contribution < 1.29 is 14.3 Å². The van der Waals surface area contributed by atoms with Gasteiger partial charge in [-0.25, -0.2) is 4.79 Å². The first-order valence-electron chi connectivity index (χ1n) is 8.35. The molecule has 2 aromatic carbocycles. The lowest BCUT2D eigenvalue weighted by Gasteiger charge is -2.08. The van der Waals surface area contributed by atoms with Crippen molar-refractivity contribution >= 4 is 11.5 Å². The second kappa shape index (κ2) is 8.92. The van der Waals surface area contributed by atoms with E-state index in [-0.39, 0.29) is 5.97 Å². The van der Waals surface area contributed by atoms with Gasteiger partial charge in [0.2, 0.25) is 0 Å². The van der Waals surface area contributed by atoms with Crippen molar-refractivity contribution in [3.63, 3.8) is 0 Å². The summed E-state index contributed by atoms with van der Waals surface area (Å²) in [5, 5.41) is 0. The molecule has 0 aliphatic heterocycles. The first kappa shape index (κ1) is 17.8. The lowest BCUT2D eigenvalue weighted by Crippen LogP contribution is -1.97. The highest BCUT2D eigenvalue weighted by Gasteiger charge is 2.18. The van der Waals surface area contributed by atoms with Gasteiger partial charge in [0.1, 0.15) is 12.4 Å². The number of carbonyl (C=O) groups excluding carboxylic acids is 1. The smallest absolute Gasteiger partial charge is 0.330 e. The summed E-state index contributed by atoms with van der Waals surface area (Å²) >= 11 is 0. The first-order valence-corrected chi connectivity index (χ1v) is 8.35. The molecule has 126 valence electrons. The Morgan fingerprint density at radius 1 is 1.08 bits per heavy atom. The second-order valence-corrected chi connectivity index (χ2v) is 5.29. The van der Waals surface area contributed by atoms with E-state index in [1.54, 1.807) is 6.08 Å². The number of hydrogen-bond donors (Lipinski definition) is 0. The molecular weight excluding hydrogens is 300 g/mol. The van der Waals surface area contributed by atoms with Crippen LogP contribution in [-0.4, -0.2) is 13.1 Å². The van der Waals surface area contributed by atoms with E-state index in [1.807, 2.05) is 56.3 Å². The largest absolute Gasteiger partial charge is 0.489 e. The molecule has 0 fully saturated rings. The van der Waals surface area contributed by atoms with E-state index in [0.717, 1.165) is 35.3 Å². The fourth-order valence-corrected chi connectivity index (χ4v) is 2.68. The number of carbonyl (C=O) groups is 1. The molecular formula is C21H24O3. The molecule has 0 atom stereocenters. The van der Waals surface area contributed by atoms with Crippen LogP contribution in [0.5, 0.6) is 5.75 Å². The van der Waals surface area contributed by atoms with E-state index in [2.05, 4.69) is 6.07 Å². The third-order valence-electron chi connectivity index (χ3n) is 3.83. The predicted molar refractivity (Wildman–Crippen MR) is 96.9 cm³/mol. The van der Waals surface area contributed by atoms with Crippen molar-refractivity contribution in [2.24, 2.45) is 0 Å². The van der Waals surface area contributed by atoms with Gasteiger partial charge in [-0.1, -0.05) is 50.2 Å². The van der Waals surface area contributed by atoms with E-state index < -0.39 is 0 Å². The minimum Gasteiger partial charge on any atom is -0.489 e. The number of hydrogen-bond acceptors (Lipinski definition) is 3. The summed E-state index contributed by atoms with van der Waals surface area (Å²) in [6.07, 6.45) is 3.38. The average Bonchev–Trinajstić information content (AvgIpc) is 3.04. The van der Waals surface area contributed by atoms with Crippen molar-refractivity contribution in [1.29, 1.82) is 0 Å². The summed E-state index contributed by atoms with van der Waals surface area (Å²) in [7, 11) is 1.40. The molecule has 0 saturated carbocycles. The number of fused-ring (bicyclic) bond motifs is 1. The quantitative estimate of drug-likeness (QED) is 0.599. The zero-order chi connectivity index (χ0) is 17.4. The van der Waals surface area contributed by atoms with E-state index in [0.29, 0.717) is 6.61 Å². The van der Waals surface area contributed by atoms with Crippen molar-refractivity contribution in [1.82, 2.24) is 0 Å². The Bertz CT molecular complexity index is 702. The average molecular weight is 324 g/mol. The van der Waals surface area contributed by atoms with Crippen LogP contribution in [0.15, 0.2) is 54.6 Å². The highest BCUT2D eigenvalue weighted by atomic mass is 16.5. The van der Waals surface area contributed by atoms with Crippen LogP contribution in [0.3, 0.4) is 0 Å². The van der Waals surface area contributed by atoms with Crippen molar-refractivity contribution in [3.05, 3.63) is 71.3 Å². The van der Waals surface area contributed by atoms with E-state index in [4.69, 9.17) is 9.47 Å². The number of allylic oxidation sites excluding steroid dienone is 1. The zero-order valence-electron chi connectivity index (χ0n) is 14.5. The molecule has 0 saturated heterocycles. The topological polar surface area (TPSA) is 35.5 Å². The molecule has 3 rings (SSSR count). The van der Waals surface area contributed by atoms with Gasteiger partial charge < -0.3 is 9.47 Å². The molecule has 0 N–H and O–H groups in total. The Kier molecular flexibility index (Phi) is 6.62. The van der Waals surface area contributed by atoms with Crippen molar-refractivity contribution in [2.45, 2.75) is 33.3 Å². The van der Waals surface area contributed by atoms with Gasteiger partial charge in [0.05, 0.1) is 7.11 Å². The van der Waals surface area contributed by atoms with E-state index >= 15 is 0 Å². The van der Waals surface area contributed by atoms with Crippen LogP contribution in [0.25, 0.3) is 5.57 Å². The maximum Gasteiger partial charge on any atom is 0.330 e. The lowest BCUT2D eigenvalue weighted by atomic mass is 10.1. The fourth-order valence-electron chi connectivity index (χ4n) is 2.68. The lowest BCUT2D eigenvalue weighted by molar-refractivity contribution is -0.134. The Labute approximate surface area is 143 Å². The van der Waals surface area contributed by atoms with Gasteiger partial charge in [0.15, 0.2) is 0 Å². The van der Waals surface area contributed by atoms with Gasteiger partial charge >= 0.3 is 5.97 Å². The summed E-state index contributed by atoms with van der Waals surface area (Å²) in [5.74, 6) is 0.564. The van der Waals surface area contributed by atoms with Crippen LogP contribution in [0.4, 0.5) is 0 Å². The number of benzene rings is 2. The van der Waals surface area contributed by atoms with E-state index in [9.17, 15) is 4.79 Å². The van der Waals surface area contributed by atoms with Gasteiger partial charge in [-0.05, 0) is 47.2 Å². The molecule has 0 aromatic heterocycles. The highest BCUT2D eigenvalue weighted by molar-refractivity contribution is 5.92. The van der Waals surface area contributed by atoms with Gasteiger partial charge in [-0.3, -0.25) is 0 Å².